The first-order valence-corrected chi connectivity index (χ1v) is 7.40. The zero-order chi connectivity index (χ0) is 14.9. The highest BCUT2D eigenvalue weighted by Crippen LogP contribution is 2.06. The molecule has 0 aromatic heterocycles. The minimum absolute atomic E-state index is 0. The van der Waals surface area contributed by atoms with E-state index in [1.807, 2.05) is 18.2 Å². The average Bonchev–Trinajstić information content (AvgIpc) is 2.52. The van der Waals surface area contributed by atoms with Crippen LogP contribution in [0.25, 0.3) is 0 Å². The van der Waals surface area contributed by atoms with Gasteiger partial charge in [0, 0.05) is 13.1 Å². The van der Waals surface area contributed by atoms with Crippen molar-refractivity contribution in [3.05, 3.63) is 71.3 Å². The van der Waals surface area contributed by atoms with Crippen LogP contribution in [0.1, 0.15) is 23.6 Å². The van der Waals surface area contributed by atoms with Crippen LogP contribution < -0.4 is 10.6 Å². The lowest BCUT2D eigenvalue weighted by Gasteiger charge is -2.12. The lowest BCUT2D eigenvalue weighted by atomic mass is 10.1. The molecule has 0 fully saturated rings. The van der Waals surface area contributed by atoms with Gasteiger partial charge in [0.15, 0.2) is 5.96 Å². The molecule has 0 saturated heterocycles. The van der Waals surface area contributed by atoms with E-state index in [0.717, 1.165) is 19.0 Å². The second-order valence-electron chi connectivity index (χ2n) is 4.96. The molecule has 0 bridgehead atoms. The number of guanidine groups is 1. The maximum atomic E-state index is 4.62. The Hall–Kier alpha value is -1.56. The van der Waals surface area contributed by atoms with Gasteiger partial charge < -0.3 is 10.6 Å². The van der Waals surface area contributed by atoms with Crippen LogP contribution in [0.5, 0.6) is 0 Å². The summed E-state index contributed by atoms with van der Waals surface area (Å²) in [4.78, 5) is 4.62. The molecule has 0 amide bonds. The topological polar surface area (TPSA) is 36.4 Å². The van der Waals surface area contributed by atoms with Gasteiger partial charge in [0.1, 0.15) is 0 Å². The molecule has 2 aromatic rings. The summed E-state index contributed by atoms with van der Waals surface area (Å²) in [6.07, 6.45) is 0. The highest BCUT2D eigenvalue weighted by Gasteiger charge is 2.00. The molecule has 2 aromatic carbocycles. The number of aliphatic imine (C=N–C) groups is 1. The van der Waals surface area contributed by atoms with E-state index < -0.39 is 0 Å². The van der Waals surface area contributed by atoms with Crippen molar-refractivity contribution in [1.82, 2.24) is 10.6 Å². The van der Waals surface area contributed by atoms with Gasteiger partial charge in [0.25, 0.3) is 0 Å². The highest BCUT2D eigenvalue weighted by atomic mass is 127. The van der Waals surface area contributed by atoms with Crippen molar-refractivity contribution in [3.8, 4) is 0 Å². The number of rotatable bonds is 5. The van der Waals surface area contributed by atoms with Crippen LogP contribution >= 0.6 is 24.0 Å². The van der Waals surface area contributed by atoms with E-state index >= 15 is 0 Å². The van der Waals surface area contributed by atoms with Crippen LogP contribution in [0.3, 0.4) is 0 Å². The van der Waals surface area contributed by atoms with Crippen molar-refractivity contribution in [2.75, 3.05) is 6.54 Å². The summed E-state index contributed by atoms with van der Waals surface area (Å²) in [5.41, 5.74) is 3.80. The van der Waals surface area contributed by atoms with Gasteiger partial charge in [-0.05, 0) is 30.5 Å². The SMILES string of the molecule is CCNC(=NCc1ccccc1)NCc1ccccc1C.I. The van der Waals surface area contributed by atoms with Crippen LogP contribution in [0, 0.1) is 6.92 Å². The van der Waals surface area contributed by atoms with Crippen LogP contribution in [0.2, 0.25) is 0 Å². The van der Waals surface area contributed by atoms with Crippen molar-refractivity contribution in [1.29, 1.82) is 0 Å². The van der Waals surface area contributed by atoms with Crippen molar-refractivity contribution >= 4 is 29.9 Å². The molecule has 0 aliphatic rings. The van der Waals surface area contributed by atoms with E-state index in [1.165, 1.54) is 16.7 Å². The summed E-state index contributed by atoms with van der Waals surface area (Å²) in [5, 5.41) is 6.67. The summed E-state index contributed by atoms with van der Waals surface area (Å²) in [7, 11) is 0. The molecular weight excluding hydrogens is 385 g/mol. The lowest BCUT2D eigenvalue weighted by Crippen LogP contribution is -2.36. The average molecular weight is 409 g/mol. The quantitative estimate of drug-likeness (QED) is 0.447. The number of halogens is 1. The summed E-state index contributed by atoms with van der Waals surface area (Å²) in [6.45, 7) is 6.53. The molecule has 22 heavy (non-hydrogen) atoms. The van der Waals surface area contributed by atoms with E-state index in [9.17, 15) is 0 Å². The fraction of sp³-hybridized carbons (Fsp3) is 0.278. The molecule has 0 atom stereocenters. The number of nitrogens with one attached hydrogen (secondary N) is 2. The van der Waals surface area contributed by atoms with E-state index in [2.05, 4.69) is 65.9 Å². The van der Waals surface area contributed by atoms with Crippen LogP contribution in [0.15, 0.2) is 59.6 Å². The third kappa shape index (κ3) is 6.05. The number of benzene rings is 2. The van der Waals surface area contributed by atoms with E-state index in [4.69, 9.17) is 0 Å². The van der Waals surface area contributed by atoms with Gasteiger partial charge in [0.05, 0.1) is 6.54 Å². The third-order valence-electron chi connectivity index (χ3n) is 3.31. The minimum atomic E-state index is 0. The Morgan fingerprint density at radius 3 is 2.32 bits per heavy atom. The van der Waals surface area contributed by atoms with Crippen molar-refractivity contribution in [2.45, 2.75) is 26.9 Å². The van der Waals surface area contributed by atoms with E-state index in [-0.39, 0.29) is 24.0 Å². The van der Waals surface area contributed by atoms with Crippen molar-refractivity contribution in [2.24, 2.45) is 4.99 Å². The molecule has 0 heterocycles. The molecule has 0 saturated carbocycles. The van der Waals surface area contributed by atoms with Gasteiger partial charge in [-0.3, -0.25) is 0 Å². The molecule has 3 nitrogen and oxygen atoms in total. The van der Waals surface area contributed by atoms with E-state index in [0.29, 0.717) is 6.54 Å². The predicted molar refractivity (Wildman–Crippen MR) is 105 cm³/mol. The Morgan fingerprint density at radius 1 is 0.955 bits per heavy atom. The first-order chi connectivity index (χ1) is 10.3. The van der Waals surface area contributed by atoms with E-state index in [1.54, 1.807) is 0 Å². The molecule has 0 spiro atoms. The van der Waals surface area contributed by atoms with Gasteiger partial charge in [-0.15, -0.1) is 24.0 Å². The Bertz CT molecular complexity index is 582. The Kier molecular flexibility index (Phi) is 8.58. The number of nitrogens with zero attached hydrogens (tertiary/aromatic N) is 1. The number of aryl methyl sites for hydroxylation is 1. The molecule has 2 rings (SSSR count). The summed E-state index contributed by atoms with van der Waals surface area (Å²) >= 11 is 0. The molecule has 0 radical (unpaired) electrons. The fourth-order valence-electron chi connectivity index (χ4n) is 2.08. The Morgan fingerprint density at radius 2 is 1.64 bits per heavy atom. The zero-order valence-electron chi connectivity index (χ0n) is 13.2. The second kappa shape index (κ2) is 10.2. The summed E-state index contributed by atoms with van der Waals surface area (Å²) < 4.78 is 0. The first kappa shape index (κ1) is 18.5. The molecular formula is C18H24IN3. The van der Waals surface area contributed by atoms with Gasteiger partial charge >= 0.3 is 0 Å². The van der Waals surface area contributed by atoms with Crippen LogP contribution in [-0.4, -0.2) is 12.5 Å². The Balaban J connectivity index is 0.00000242. The zero-order valence-corrected chi connectivity index (χ0v) is 15.5. The lowest BCUT2D eigenvalue weighted by molar-refractivity contribution is 0.813. The predicted octanol–water partition coefficient (Wildman–Crippen LogP) is 3.87. The maximum absolute atomic E-state index is 4.62. The molecule has 0 aliphatic carbocycles. The smallest absolute Gasteiger partial charge is 0.191 e. The summed E-state index contributed by atoms with van der Waals surface area (Å²) in [6, 6.07) is 18.7. The molecule has 0 aliphatic heterocycles. The molecule has 4 heteroatoms. The third-order valence-corrected chi connectivity index (χ3v) is 3.31. The minimum Gasteiger partial charge on any atom is -0.357 e. The van der Waals surface area contributed by atoms with Gasteiger partial charge in [-0.25, -0.2) is 4.99 Å². The van der Waals surface area contributed by atoms with Crippen LogP contribution in [-0.2, 0) is 13.1 Å². The largest absolute Gasteiger partial charge is 0.357 e. The van der Waals surface area contributed by atoms with Crippen molar-refractivity contribution in [3.63, 3.8) is 0 Å². The van der Waals surface area contributed by atoms with Crippen molar-refractivity contribution < 1.29 is 0 Å². The number of hydrogen-bond donors (Lipinski definition) is 2. The van der Waals surface area contributed by atoms with Crippen LogP contribution in [0.4, 0.5) is 0 Å². The molecule has 0 unspecified atom stereocenters. The standard InChI is InChI=1S/C18H23N3.HI/c1-3-19-18(20-13-16-10-5-4-6-11-16)21-14-17-12-8-7-9-15(17)2;/h4-12H,3,13-14H2,1-2H3,(H2,19,20,21);1H. The summed E-state index contributed by atoms with van der Waals surface area (Å²) in [5.74, 6) is 0.851. The van der Waals surface area contributed by atoms with Gasteiger partial charge in [0.2, 0.25) is 0 Å². The molecule has 2 N–H and O–H groups in total. The first-order valence-electron chi connectivity index (χ1n) is 7.40. The molecule has 118 valence electrons. The maximum Gasteiger partial charge on any atom is 0.191 e. The fourth-order valence-corrected chi connectivity index (χ4v) is 2.08. The Labute approximate surface area is 150 Å². The highest BCUT2D eigenvalue weighted by molar-refractivity contribution is 14.0. The second-order valence-corrected chi connectivity index (χ2v) is 4.96. The normalized spacial score (nSPS) is 10.7. The number of hydrogen-bond acceptors (Lipinski definition) is 1. The van der Waals surface area contributed by atoms with Gasteiger partial charge in [-0.1, -0.05) is 54.6 Å². The van der Waals surface area contributed by atoms with Gasteiger partial charge in [-0.2, -0.15) is 0 Å². The monoisotopic (exact) mass is 409 g/mol.